The molecule has 0 saturated heterocycles. The van der Waals surface area contributed by atoms with Gasteiger partial charge in [0.25, 0.3) is 5.69 Å². The lowest BCUT2D eigenvalue weighted by Gasteiger charge is -2.11. The molecule has 0 heterocycles. The Morgan fingerprint density at radius 3 is 2.43 bits per heavy atom. The molecule has 0 saturated carbocycles. The van der Waals surface area contributed by atoms with Crippen molar-refractivity contribution in [3.8, 4) is 5.75 Å². The Hall–Kier alpha value is -2.56. The minimum atomic E-state index is -0.364. The van der Waals surface area contributed by atoms with Crippen molar-refractivity contribution in [3.05, 3.63) is 64.2 Å². The van der Waals surface area contributed by atoms with Gasteiger partial charge in [-0.3, -0.25) is 10.1 Å². The van der Waals surface area contributed by atoms with Gasteiger partial charge in [-0.15, -0.1) is 0 Å². The van der Waals surface area contributed by atoms with Crippen LogP contribution >= 0.6 is 0 Å². The molecule has 0 radical (unpaired) electrons. The van der Waals surface area contributed by atoms with E-state index in [1.807, 2.05) is 38.1 Å². The third kappa shape index (κ3) is 4.21. The van der Waals surface area contributed by atoms with Crippen LogP contribution in [0.5, 0.6) is 5.75 Å². The van der Waals surface area contributed by atoms with Gasteiger partial charge in [0.05, 0.1) is 11.0 Å². The van der Waals surface area contributed by atoms with E-state index >= 15 is 0 Å². The molecule has 1 N–H and O–H groups in total. The maximum absolute atomic E-state index is 10.9. The van der Waals surface area contributed by atoms with Gasteiger partial charge in [0.1, 0.15) is 5.75 Å². The molecule has 2 aromatic rings. The number of nitrogens with one attached hydrogen (secondary N) is 1. The first kappa shape index (κ1) is 14.8. The fraction of sp³-hybridized carbons (Fsp3) is 0.250. The standard InChI is InChI=1S/C16H18N2O3/c1-12(2)21-15-9-7-14(8-10-15)17-11-13-5-3-4-6-16(13)18(19)20/h3-10,12,17H,11H2,1-2H3. The molecule has 0 aliphatic rings. The molecule has 0 aliphatic heterocycles. The Kier molecular flexibility index (Phi) is 4.77. The molecule has 0 unspecified atom stereocenters. The minimum absolute atomic E-state index is 0.129. The van der Waals surface area contributed by atoms with Gasteiger partial charge in [-0.25, -0.2) is 0 Å². The SMILES string of the molecule is CC(C)Oc1ccc(NCc2ccccc2[N+](=O)[O-])cc1. The van der Waals surface area contributed by atoms with Crippen molar-refractivity contribution >= 4 is 11.4 Å². The summed E-state index contributed by atoms with van der Waals surface area (Å²) < 4.78 is 5.57. The smallest absolute Gasteiger partial charge is 0.274 e. The molecule has 2 aromatic carbocycles. The Morgan fingerprint density at radius 1 is 1.14 bits per heavy atom. The Bertz CT molecular complexity index is 609. The second-order valence-electron chi connectivity index (χ2n) is 4.93. The fourth-order valence-corrected chi connectivity index (χ4v) is 1.96. The first-order valence-electron chi connectivity index (χ1n) is 6.79. The molecule has 0 aliphatic carbocycles. The van der Waals surface area contributed by atoms with Crippen LogP contribution < -0.4 is 10.1 Å². The molecule has 2 rings (SSSR count). The predicted molar refractivity (Wildman–Crippen MR) is 82.6 cm³/mol. The Labute approximate surface area is 123 Å². The van der Waals surface area contributed by atoms with Crippen molar-refractivity contribution in [2.75, 3.05) is 5.32 Å². The predicted octanol–water partition coefficient (Wildman–Crippen LogP) is 3.99. The van der Waals surface area contributed by atoms with Crippen molar-refractivity contribution in [2.45, 2.75) is 26.5 Å². The summed E-state index contributed by atoms with van der Waals surface area (Å²) in [5.41, 5.74) is 1.68. The van der Waals surface area contributed by atoms with E-state index in [1.165, 1.54) is 6.07 Å². The molecule has 0 fully saturated rings. The van der Waals surface area contributed by atoms with Crippen molar-refractivity contribution in [2.24, 2.45) is 0 Å². The van der Waals surface area contributed by atoms with Gasteiger partial charge in [-0.1, -0.05) is 18.2 Å². The largest absolute Gasteiger partial charge is 0.491 e. The second kappa shape index (κ2) is 6.74. The normalized spacial score (nSPS) is 10.4. The molecule has 0 bridgehead atoms. The lowest BCUT2D eigenvalue weighted by Crippen LogP contribution is -2.06. The summed E-state index contributed by atoms with van der Waals surface area (Å²) in [4.78, 5) is 10.6. The van der Waals surface area contributed by atoms with Gasteiger partial charge in [-0.2, -0.15) is 0 Å². The van der Waals surface area contributed by atoms with Crippen LogP contribution in [0.15, 0.2) is 48.5 Å². The molecule has 0 amide bonds. The minimum Gasteiger partial charge on any atom is -0.491 e. The van der Waals surface area contributed by atoms with E-state index in [0.29, 0.717) is 12.1 Å². The summed E-state index contributed by atoms with van der Waals surface area (Å²) in [5, 5.41) is 14.1. The summed E-state index contributed by atoms with van der Waals surface area (Å²) in [7, 11) is 0. The molecular formula is C16H18N2O3. The molecule has 21 heavy (non-hydrogen) atoms. The average molecular weight is 286 g/mol. The maximum atomic E-state index is 10.9. The Balaban J connectivity index is 2.02. The number of rotatable bonds is 6. The molecule has 0 spiro atoms. The van der Waals surface area contributed by atoms with Crippen LogP contribution in [-0.2, 0) is 6.54 Å². The van der Waals surface area contributed by atoms with Crippen molar-refractivity contribution in [3.63, 3.8) is 0 Å². The van der Waals surface area contributed by atoms with Crippen LogP contribution in [0.2, 0.25) is 0 Å². The van der Waals surface area contributed by atoms with E-state index in [9.17, 15) is 10.1 Å². The van der Waals surface area contributed by atoms with Crippen LogP contribution in [-0.4, -0.2) is 11.0 Å². The number of anilines is 1. The van der Waals surface area contributed by atoms with E-state index < -0.39 is 0 Å². The van der Waals surface area contributed by atoms with Crippen LogP contribution in [0, 0.1) is 10.1 Å². The van der Waals surface area contributed by atoms with Crippen LogP contribution in [0.1, 0.15) is 19.4 Å². The number of ether oxygens (including phenoxy) is 1. The second-order valence-corrected chi connectivity index (χ2v) is 4.93. The van der Waals surface area contributed by atoms with E-state index in [2.05, 4.69) is 5.32 Å². The number of nitro benzene ring substituents is 1. The first-order chi connectivity index (χ1) is 10.1. The Morgan fingerprint density at radius 2 is 1.81 bits per heavy atom. The van der Waals surface area contributed by atoms with Crippen LogP contribution in [0.4, 0.5) is 11.4 Å². The number of nitro groups is 1. The molecule has 5 nitrogen and oxygen atoms in total. The fourth-order valence-electron chi connectivity index (χ4n) is 1.96. The highest BCUT2D eigenvalue weighted by Gasteiger charge is 2.11. The van der Waals surface area contributed by atoms with Gasteiger partial charge in [0, 0.05) is 23.9 Å². The lowest BCUT2D eigenvalue weighted by atomic mass is 10.2. The number of nitrogens with zero attached hydrogens (tertiary/aromatic N) is 1. The summed E-state index contributed by atoms with van der Waals surface area (Å²) in [6.07, 6.45) is 0.135. The zero-order valence-corrected chi connectivity index (χ0v) is 12.1. The third-order valence-electron chi connectivity index (χ3n) is 2.90. The summed E-state index contributed by atoms with van der Waals surface area (Å²) in [6, 6.07) is 14.3. The number of para-hydroxylation sites is 1. The van der Waals surface area contributed by atoms with Crippen LogP contribution in [0.25, 0.3) is 0 Å². The van der Waals surface area contributed by atoms with Gasteiger partial charge in [0.15, 0.2) is 0 Å². The number of hydrogen-bond donors (Lipinski definition) is 1. The molecule has 0 aromatic heterocycles. The zero-order valence-electron chi connectivity index (χ0n) is 12.1. The summed E-state index contributed by atoms with van der Waals surface area (Å²) >= 11 is 0. The molecular weight excluding hydrogens is 268 g/mol. The monoisotopic (exact) mass is 286 g/mol. The zero-order chi connectivity index (χ0) is 15.2. The van der Waals surface area contributed by atoms with Crippen molar-refractivity contribution in [1.82, 2.24) is 0 Å². The highest BCUT2D eigenvalue weighted by atomic mass is 16.6. The molecule has 5 heteroatoms. The number of hydrogen-bond acceptors (Lipinski definition) is 4. The van der Waals surface area contributed by atoms with Gasteiger partial charge in [0.2, 0.25) is 0 Å². The maximum Gasteiger partial charge on any atom is 0.274 e. The van der Waals surface area contributed by atoms with Gasteiger partial charge >= 0.3 is 0 Å². The average Bonchev–Trinajstić information content (AvgIpc) is 2.46. The third-order valence-corrected chi connectivity index (χ3v) is 2.90. The van der Waals surface area contributed by atoms with Gasteiger partial charge in [-0.05, 0) is 38.1 Å². The van der Waals surface area contributed by atoms with Crippen molar-refractivity contribution < 1.29 is 9.66 Å². The summed E-state index contributed by atoms with van der Waals surface area (Å²) in [6.45, 7) is 4.35. The van der Waals surface area contributed by atoms with Crippen LogP contribution in [0.3, 0.4) is 0 Å². The van der Waals surface area contributed by atoms with E-state index in [1.54, 1.807) is 18.2 Å². The quantitative estimate of drug-likeness (QED) is 0.644. The van der Waals surface area contributed by atoms with E-state index in [4.69, 9.17) is 4.74 Å². The first-order valence-corrected chi connectivity index (χ1v) is 6.79. The number of benzene rings is 2. The molecule has 0 atom stereocenters. The topological polar surface area (TPSA) is 64.4 Å². The van der Waals surface area contributed by atoms with E-state index in [-0.39, 0.29) is 16.7 Å². The highest BCUT2D eigenvalue weighted by molar-refractivity contribution is 5.49. The molecule has 110 valence electrons. The highest BCUT2D eigenvalue weighted by Crippen LogP contribution is 2.21. The van der Waals surface area contributed by atoms with E-state index in [0.717, 1.165) is 11.4 Å². The van der Waals surface area contributed by atoms with Gasteiger partial charge < -0.3 is 10.1 Å². The van der Waals surface area contributed by atoms with Crippen molar-refractivity contribution in [1.29, 1.82) is 0 Å². The lowest BCUT2D eigenvalue weighted by molar-refractivity contribution is -0.385. The summed E-state index contributed by atoms with van der Waals surface area (Å²) in [5.74, 6) is 0.807.